The number of nitrogens with zero attached hydrogens (tertiary/aromatic N) is 1. The van der Waals surface area contributed by atoms with Gasteiger partial charge in [0.2, 0.25) is 5.91 Å². The summed E-state index contributed by atoms with van der Waals surface area (Å²) in [5.41, 5.74) is -0.455. The minimum atomic E-state index is -4.39. The number of aliphatic hydroxyl groups is 1. The summed E-state index contributed by atoms with van der Waals surface area (Å²) < 4.78 is 37.3. The van der Waals surface area contributed by atoms with Gasteiger partial charge in [0.05, 0.1) is 18.2 Å². The Hall–Kier alpha value is -1.60. The number of halogens is 3. The molecule has 0 bridgehead atoms. The van der Waals surface area contributed by atoms with Crippen LogP contribution in [0.25, 0.3) is 0 Å². The summed E-state index contributed by atoms with van der Waals surface area (Å²) >= 11 is 0. The highest BCUT2D eigenvalue weighted by molar-refractivity contribution is 5.94. The average Bonchev–Trinajstić information content (AvgIpc) is 2.43. The first-order chi connectivity index (χ1) is 9.79. The number of benzene rings is 1. The molecule has 7 heteroatoms. The highest BCUT2D eigenvalue weighted by Crippen LogP contribution is 2.29. The van der Waals surface area contributed by atoms with Gasteiger partial charge in [-0.2, -0.15) is 13.2 Å². The first-order valence-corrected chi connectivity index (χ1v) is 6.62. The molecule has 1 rings (SSSR count). The zero-order chi connectivity index (χ0) is 16.0. The van der Waals surface area contributed by atoms with Crippen LogP contribution in [0, 0.1) is 0 Å². The number of rotatable bonds is 6. The molecule has 1 atom stereocenters. The number of amides is 1. The van der Waals surface area contributed by atoms with Gasteiger partial charge in [-0.15, -0.1) is 0 Å². The first-order valence-electron chi connectivity index (χ1n) is 6.62. The largest absolute Gasteiger partial charge is 0.416 e. The molecule has 0 saturated carbocycles. The fourth-order valence-electron chi connectivity index (χ4n) is 1.91. The molecule has 1 amide bonds. The van der Waals surface area contributed by atoms with Gasteiger partial charge < -0.3 is 10.4 Å². The molecule has 0 heterocycles. The van der Waals surface area contributed by atoms with Crippen LogP contribution in [0.5, 0.6) is 0 Å². The Morgan fingerprint density at radius 3 is 2.33 bits per heavy atom. The van der Waals surface area contributed by atoms with Crippen LogP contribution in [0.3, 0.4) is 0 Å². The quantitative estimate of drug-likeness (QED) is 0.848. The number of carbonyl (C=O) groups is 1. The van der Waals surface area contributed by atoms with Gasteiger partial charge in [0, 0.05) is 12.2 Å². The highest BCUT2D eigenvalue weighted by atomic mass is 19.4. The van der Waals surface area contributed by atoms with Crippen molar-refractivity contribution in [2.75, 3.05) is 25.0 Å². The maximum atomic E-state index is 12.4. The number of hydrogen-bond donors (Lipinski definition) is 2. The van der Waals surface area contributed by atoms with Crippen LogP contribution < -0.4 is 5.32 Å². The van der Waals surface area contributed by atoms with E-state index in [2.05, 4.69) is 5.32 Å². The monoisotopic (exact) mass is 304 g/mol. The molecule has 0 aliphatic carbocycles. The molecule has 118 valence electrons. The summed E-state index contributed by atoms with van der Waals surface area (Å²) in [5.74, 6) is -0.329. The van der Waals surface area contributed by atoms with Crippen molar-refractivity contribution in [3.05, 3.63) is 29.8 Å². The normalized spacial score (nSPS) is 13.3. The van der Waals surface area contributed by atoms with E-state index in [-0.39, 0.29) is 12.5 Å². The first kappa shape index (κ1) is 17.5. The van der Waals surface area contributed by atoms with E-state index in [4.69, 9.17) is 5.11 Å². The molecule has 4 nitrogen and oxygen atoms in total. The van der Waals surface area contributed by atoms with Crippen molar-refractivity contribution >= 4 is 11.6 Å². The molecule has 0 aliphatic heterocycles. The van der Waals surface area contributed by atoms with E-state index < -0.39 is 17.8 Å². The minimum absolute atomic E-state index is 0.0638. The molecule has 0 spiro atoms. The van der Waals surface area contributed by atoms with E-state index in [9.17, 15) is 18.0 Å². The second-order valence-corrected chi connectivity index (χ2v) is 4.59. The van der Waals surface area contributed by atoms with Gasteiger partial charge in [0.15, 0.2) is 0 Å². The van der Waals surface area contributed by atoms with Crippen LogP contribution in [0.2, 0.25) is 0 Å². The molecule has 0 aromatic heterocycles. The summed E-state index contributed by atoms with van der Waals surface area (Å²) in [7, 11) is 0. The lowest BCUT2D eigenvalue weighted by Crippen LogP contribution is -2.43. The Balaban J connectivity index is 2.70. The zero-order valence-corrected chi connectivity index (χ0v) is 11.9. The van der Waals surface area contributed by atoms with Crippen LogP contribution >= 0.6 is 0 Å². The summed E-state index contributed by atoms with van der Waals surface area (Å²) in [6.07, 6.45) is -4.39. The molecular formula is C14H19F3N2O2. The standard InChI is InChI=1S/C14H19F3N2O2/c1-3-19(8-9-20)10(2)13(21)18-12-6-4-11(5-7-12)14(15,16)17/h4-7,10,20H,3,8-9H2,1-2H3,(H,18,21). The topological polar surface area (TPSA) is 52.6 Å². The zero-order valence-electron chi connectivity index (χ0n) is 11.9. The van der Waals surface area contributed by atoms with Gasteiger partial charge in [-0.1, -0.05) is 6.92 Å². The lowest BCUT2D eigenvalue weighted by atomic mass is 10.2. The molecule has 0 fully saturated rings. The van der Waals surface area contributed by atoms with E-state index in [1.54, 1.807) is 11.8 Å². The molecule has 0 radical (unpaired) electrons. The molecule has 21 heavy (non-hydrogen) atoms. The third-order valence-corrected chi connectivity index (χ3v) is 3.20. The van der Waals surface area contributed by atoms with Gasteiger partial charge in [-0.25, -0.2) is 0 Å². The molecule has 0 aliphatic rings. The van der Waals surface area contributed by atoms with E-state index in [1.165, 1.54) is 12.1 Å². The van der Waals surface area contributed by atoms with E-state index in [0.717, 1.165) is 12.1 Å². The van der Waals surface area contributed by atoms with Crippen molar-refractivity contribution in [1.29, 1.82) is 0 Å². The minimum Gasteiger partial charge on any atom is -0.395 e. The van der Waals surface area contributed by atoms with Crippen molar-refractivity contribution in [2.45, 2.75) is 26.1 Å². The Morgan fingerprint density at radius 1 is 1.33 bits per heavy atom. The molecule has 2 N–H and O–H groups in total. The summed E-state index contributed by atoms with van der Waals surface area (Å²) in [5, 5.41) is 11.5. The number of carbonyl (C=O) groups excluding carboxylic acids is 1. The van der Waals surface area contributed by atoms with Gasteiger partial charge in [-0.3, -0.25) is 9.69 Å². The fraction of sp³-hybridized carbons (Fsp3) is 0.500. The van der Waals surface area contributed by atoms with Crippen LogP contribution in [-0.2, 0) is 11.0 Å². The van der Waals surface area contributed by atoms with Crippen LogP contribution in [-0.4, -0.2) is 41.7 Å². The smallest absolute Gasteiger partial charge is 0.395 e. The Bertz CT molecular complexity index is 460. The second-order valence-electron chi connectivity index (χ2n) is 4.59. The maximum absolute atomic E-state index is 12.4. The summed E-state index contributed by atoms with van der Waals surface area (Å²) in [4.78, 5) is 13.8. The van der Waals surface area contributed by atoms with E-state index in [1.807, 2.05) is 6.92 Å². The van der Waals surface area contributed by atoms with Gasteiger partial charge in [0.1, 0.15) is 0 Å². The third-order valence-electron chi connectivity index (χ3n) is 3.20. The number of aliphatic hydroxyl groups excluding tert-OH is 1. The average molecular weight is 304 g/mol. The number of anilines is 1. The third kappa shape index (κ3) is 5.02. The second kappa shape index (κ2) is 7.42. The van der Waals surface area contributed by atoms with Gasteiger partial charge in [0.25, 0.3) is 0 Å². The van der Waals surface area contributed by atoms with Crippen molar-refractivity contribution in [2.24, 2.45) is 0 Å². The Morgan fingerprint density at radius 2 is 1.90 bits per heavy atom. The Kier molecular flexibility index (Phi) is 6.17. The maximum Gasteiger partial charge on any atom is 0.416 e. The lowest BCUT2D eigenvalue weighted by Gasteiger charge is -2.26. The van der Waals surface area contributed by atoms with Gasteiger partial charge >= 0.3 is 6.18 Å². The number of alkyl halides is 3. The predicted molar refractivity (Wildman–Crippen MR) is 73.9 cm³/mol. The molecule has 1 aromatic carbocycles. The SMILES string of the molecule is CCN(CCO)C(C)C(=O)Nc1ccc(C(F)(F)F)cc1. The predicted octanol–water partition coefficient (Wildman–Crippen LogP) is 2.35. The van der Waals surface area contributed by atoms with Crippen LogP contribution in [0.1, 0.15) is 19.4 Å². The molecule has 0 saturated heterocycles. The fourth-order valence-corrected chi connectivity index (χ4v) is 1.91. The van der Waals surface area contributed by atoms with Crippen molar-refractivity contribution in [3.63, 3.8) is 0 Å². The number of likely N-dealkylation sites (N-methyl/N-ethyl adjacent to an activating group) is 1. The van der Waals surface area contributed by atoms with Crippen molar-refractivity contribution < 1.29 is 23.1 Å². The summed E-state index contributed by atoms with van der Waals surface area (Å²) in [6, 6.07) is 3.80. The van der Waals surface area contributed by atoms with Crippen molar-refractivity contribution in [3.8, 4) is 0 Å². The molecular weight excluding hydrogens is 285 g/mol. The number of nitrogens with one attached hydrogen (secondary N) is 1. The summed E-state index contributed by atoms with van der Waals surface area (Å²) in [6.45, 7) is 4.42. The van der Waals surface area contributed by atoms with E-state index >= 15 is 0 Å². The Labute approximate surface area is 121 Å². The van der Waals surface area contributed by atoms with Gasteiger partial charge in [-0.05, 0) is 37.7 Å². The van der Waals surface area contributed by atoms with E-state index in [0.29, 0.717) is 18.8 Å². The van der Waals surface area contributed by atoms with Crippen molar-refractivity contribution in [1.82, 2.24) is 4.90 Å². The highest BCUT2D eigenvalue weighted by Gasteiger charge is 2.30. The molecule has 1 aromatic rings. The number of hydrogen-bond acceptors (Lipinski definition) is 3. The lowest BCUT2D eigenvalue weighted by molar-refractivity contribution is -0.137. The van der Waals surface area contributed by atoms with Crippen LogP contribution in [0.15, 0.2) is 24.3 Å². The van der Waals surface area contributed by atoms with Crippen LogP contribution in [0.4, 0.5) is 18.9 Å². The molecule has 1 unspecified atom stereocenters.